The predicted octanol–water partition coefficient (Wildman–Crippen LogP) is 2.70. The Balaban J connectivity index is 2.60. The molecule has 0 aliphatic heterocycles. The van der Waals surface area contributed by atoms with Crippen LogP contribution in [-0.4, -0.2) is 7.11 Å². The highest BCUT2D eigenvalue weighted by Gasteiger charge is 2.48. The lowest BCUT2D eigenvalue weighted by Crippen LogP contribution is -2.09. The largest absolute Gasteiger partial charge is 0.496 e. The van der Waals surface area contributed by atoms with E-state index < -0.39 is 5.41 Å². The third-order valence-corrected chi connectivity index (χ3v) is 2.86. The standard InChI is InChI=1S/C12H12FNO/c1-8-5-9(13)11(10(6-8)15-2)12(7-14)3-4-12/h5-6H,3-4H2,1-2H3. The molecule has 15 heavy (non-hydrogen) atoms. The summed E-state index contributed by atoms with van der Waals surface area (Å²) in [7, 11) is 1.51. The Morgan fingerprint density at radius 2 is 2.13 bits per heavy atom. The van der Waals surface area contributed by atoms with Crippen LogP contribution in [0.1, 0.15) is 24.0 Å². The molecule has 0 heterocycles. The number of aryl methyl sites for hydroxylation is 1. The Kier molecular flexibility index (Phi) is 2.15. The summed E-state index contributed by atoms with van der Waals surface area (Å²) in [5, 5.41) is 9.05. The van der Waals surface area contributed by atoms with E-state index in [9.17, 15) is 4.39 Å². The highest BCUT2D eigenvalue weighted by atomic mass is 19.1. The van der Waals surface area contributed by atoms with Gasteiger partial charge in [-0.05, 0) is 37.5 Å². The van der Waals surface area contributed by atoms with Crippen LogP contribution < -0.4 is 4.74 Å². The zero-order chi connectivity index (χ0) is 11.1. The molecular formula is C12H12FNO. The summed E-state index contributed by atoms with van der Waals surface area (Å²) in [6.45, 7) is 1.81. The van der Waals surface area contributed by atoms with E-state index >= 15 is 0 Å². The molecule has 1 aromatic carbocycles. The minimum absolute atomic E-state index is 0.328. The maximum absolute atomic E-state index is 13.8. The first-order valence-corrected chi connectivity index (χ1v) is 4.89. The first-order valence-electron chi connectivity index (χ1n) is 4.89. The predicted molar refractivity (Wildman–Crippen MR) is 54.2 cm³/mol. The van der Waals surface area contributed by atoms with Gasteiger partial charge in [0.25, 0.3) is 0 Å². The van der Waals surface area contributed by atoms with Crippen LogP contribution in [0.15, 0.2) is 12.1 Å². The van der Waals surface area contributed by atoms with Gasteiger partial charge in [0, 0.05) is 0 Å². The first kappa shape index (κ1) is 9.97. The SMILES string of the molecule is COc1cc(C)cc(F)c1C1(C#N)CC1. The van der Waals surface area contributed by atoms with Crippen LogP contribution in [0, 0.1) is 24.1 Å². The summed E-state index contributed by atoms with van der Waals surface area (Å²) in [5.74, 6) is 0.164. The van der Waals surface area contributed by atoms with Crippen LogP contribution >= 0.6 is 0 Å². The zero-order valence-electron chi connectivity index (χ0n) is 8.80. The first-order chi connectivity index (χ1) is 7.13. The van der Waals surface area contributed by atoms with Crippen LogP contribution in [-0.2, 0) is 5.41 Å². The molecule has 0 N–H and O–H groups in total. The summed E-state index contributed by atoms with van der Waals surface area (Å²) in [6, 6.07) is 5.41. The zero-order valence-corrected chi connectivity index (χ0v) is 8.80. The van der Waals surface area contributed by atoms with Crippen LogP contribution in [0.5, 0.6) is 5.75 Å². The van der Waals surface area contributed by atoms with E-state index in [0.717, 1.165) is 18.4 Å². The van der Waals surface area contributed by atoms with Crippen molar-refractivity contribution in [3.8, 4) is 11.8 Å². The number of nitriles is 1. The monoisotopic (exact) mass is 205 g/mol. The Morgan fingerprint density at radius 1 is 1.47 bits per heavy atom. The minimum Gasteiger partial charge on any atom is -0.496 e. The molecule has 1 aromatic rings. The van der Waals surface area contributed by atoms with Crippen molar-refractivity contribution in [1.82, 2.24) is 0 Å². The fraction of sp³-hybridized carbons (Fsp3) is 0.417. The molecular weight excluding hydrogens is 193 g/mol. The Morgan fingerprint density at radius 3 is 2.60 bits per heavy atom. The van der Waals surface area contributed by atoms with Crippen molar-refractivity contribution < 1.29 is 9.13 Å². The van der Waals surface area contributed by atoms with E-state index in [-0.39, 0.29) is 5.82 Å². The number of halogens is 1. The van der Waals surface area contributed by atoms with Crippen LogP contribution in [0.4, 0.5) is 4.39 Å². The van der Waals surface area contributed by atoms with E-state index in [1.165, 1.54) is 13.2 Å². The lowest BCUT2D eigenvalue weighted by atomic mass is 9.95. The molecule has 2 rings (SSSR count). The van der Waals surface area contributed by atoms with Crippen molar-refractivity contribution in [1.29, 1.82) is 5.26 Å². The number of benzene rings is 1. The average molecular weight is 205 g/mol. The average Bonchev–Trinajstić information content (AvgIpc) is 2.97. The highest BCUT2D eigenvalue weighted by molar-refractivity contribution is 5.50. The third-order valence-electron chi connectivity index (χ3n) is 2.86. The second-order valence-corrected chi connectivity index (χ2v) is 4.02. The molecule has 0 spiro atoms. The lowest BCUT2D eigenvalue weighted by Gasteiger charge is -2.14. The van der Waals surface area contributed by atoms with Gasteiger partial charge >= 0.3 is 0 Å². The molecule has 0 amide bonds. The van der Waals surface area contributed by atoms with Crippen molar-refractivity contribution in [2.75, 3.05) is 7.11 Å². The van der Waals surface area contributed by atoms with Crippen LogP contribution in [0.3, 0.4) is 0 Å². The van der Waals surface area contributed by atoms with Gasteiger partial charge in [-0.1, -0.05) is 0 Å². The lowest BCUT2D eigenvalue weighted by molar-refractivity contribution is 0.401. The number of ether oxygens (including phenoxy) is 1. The third kappa shape index (κ3) is 1.46. The molecule has 0 atom stereocenters. The van der Waals surface area contributed by atoms with E-state index in [4.69, 9.17) is 10.00 Å². The summed E-state index contributed by atoms with van der Waals surface area (Å²) in [6.07, 6.45) is 1.44. The minimum atomic E-state index is -0.636. The van der Waals surface area contributed by atoms with Crippen molar-refractivity contribution in [2.45, 2.75) is 25.2 Å². The van der Waals surface area contributed by atoms with E-state index in [1.807, 2.05) is 0 Å². The number of rotatable bonds is 2. The maximum Gasteiger partial charge on any atom is 0.131 e. The second kappa shape index (κ2) is 3.23. The van der Waals surface area contributed by atoms with Gasteiger partial charge < -0.3 is 4.74 Å². The van der Waals surface area contributed by atoms with Crippen molar-refractivity contribution in [2.24, 2.45) is 0 Å². The topological polar surface area (TPSA) is 33.0 Å². The number of hydrogen-bond acceptors (Lipinski definition) is 2. The molecule has 1 aliphatic carbocycles. The van der Waals surface area contributed by atoms with Gasteiger partial charge in [0.2, 0.25) is 0 Å². The summed E-state index contributed by atoms with van der Waals surface area (Å²) in [4.78, 5) is 0. The van der Waals surface area contributed by atoms with Gasteiger partial charge in [-0.3, -0.25) is 0 Å². The fourth-order valence-corrected chi connectivity index (χ4v) is 1.88. The summed E-state index contributed by atoms with van der Waals surface area (Å²) in [5.41, 5.74) is 0.600. The molecule has 1 fully saturated rings. The molecule has 0 bridgehead atoms. The molecule has 2 nitrogen and oxygen atoms in total. The number of hydrogen-bond donors (Lipinski definition) is 0. The van der Waals surface area contributed by atoms with Crippen molar-refractivity contribution >= 4 is 0 Å². The molecule has 1 aliphatic rings. The number of methoxy groups -OCH3 is 1. The van der Waals surface area contributed by atoms with Gasteiger partial charge in [-0.25, -0.2) is 4.39 Å². The highest BCUT2D eigenvalue weighted by Crippen LogP contribution is 2.51. The van der Waals surface area contributed by atoms with Crippen molar-refractivity contribution in [3.63, 3.8) is 0 Å². The van der Waals surface area contributed by atoms with E-state index in [2.05, 4.69) is 6.07 Å². The Hall–Kier alpha value is -1.56. The van der Waals surface area contributed by atoms with Crippen molar-refractivity contribution in [3.05, 3.63) is 29.1 Å². The van der Waals surface area contributed by atoms with Gasteiger partial charge in [-0.15, -0.1) is 0 Å². The molecule has 78 valence electrons. The Labute approximate surface area is 88.3 Å². The second-order valence-electron chi connectivity index (χ2n) is 4.02. The smallest absolute Gasteiger partial charge is 0.131 e. The van der Waals surface area contributed by atoms with E-state index in [0.29, 0.717) is 11.3 Å². The molecule has 3 heteroatoms. The molecule has 0 aromatic heterocycles. The van der Waals surface area contributed by atoms with Gasteiger partial charge in [-0.2, -0.15) is 5.26 Å². The van der Waals surface area contributed by atoms with Gasteiger partial charge in [0.15, 0.2) is 0 Å². The quantitative estimate of drug-likeness (QED) is 0.743. The van der Waals surface area contributed by atoms with Gasteiger partial charge in [0.1, 0.15) is 11.6 Å². The molecule has 0 unspecified atom stereocenters. The maximum atomic E-state index is 13.8. The van der Waals surface area contributed by atoms with Gasteiger partial charge in [0.05, 0.1) is 24.2 Å². The molecule has 0 saturated heterocycles. The summed E-state index contributed by atoms with van der Waals surface area (Å²) >= 11 is 0. The Bertz CT molecular complexity index is 444. The van der Waals surface area contributed by atoms with Crippen LogP contribution in [0.2, 0.25) is 0 Å². The normalized spacial score (nSPS) is 16.9. The van der Waals surface area contributed by atoms with E-state index in [1.54, 1.807) is 13.0 Å². The van der Waals surface area contributed by atoms with Crippen LogP contribution in [0.25, 0.3) is 0 Å². The number of nitrogens with zero attached hydrogens (tertiary/aromatic N) is 1. The fourth-order valence-electron chi connectivity index (χ4n) is 1.88. The molecule has 1 saturated carbocycles. The summed E-state index contributed by atoms with van der Waals surface area (Å²) < 4.78 is 18.9. The molecule has 0 radical (unpaired) electrons.